The SMILES string of the molecule is CC(C)(C)NC(=O)c1cc(OCCCCS)cc(C(=O)NC(C)(C)C)c1. The lowest BCUT2D eigenvalue weighted by molar-refractivity contribution is 0.0918. The normalized spacial score (nSPS) is 11.8. The average molecular weight is 381 g/mol. The maximum absolute atomic E-state index is 12.5. The first-order chi connectivity index (χ1) is 11.9. The van der Waals surface area contributed by atoms with Crippen LogP contribution in [0, 0.1) is 0 Å². The molecule has 26 heavy (non-hydrogen) atoms. The van der Waals surface area contributed by atoms with Gasteiger partial charge in [0.15, 0.2) is 0 Å². The number of hydrogen-bond acceptors (Lipinski definition) is 4. The van der Waals surface area contributed by atoms with Gasteiger partial charge in [0, 0.05) is 22.2 Å². The molecule has 0 aliphatic heterocycles. The predicted molar refractivity (Wildman–Crippen MR) is 109 cm³/mol. The van der Waals surface area contributed by atoms with Gasteiger partial charge in [-0.05, 0) is 78.3 Å². The molecule has 1 rings (SSSR count). The van der Waals surface area contributed by atoms with Gasteiger partial charge in [-0.3, -0.25) is 9.59 Å². The van der Waals surface area contributed by atoms with Crippen molar-refractivity contribution in [3.8, 4) is 5.75 Å². The van der Waals surface area contributed by atoms with E-state index < -0.39 is 0 Å². The first-order valence-corrected chi connectivity index (χ1v) is 9.58. The molecule has 2 amide bonds. The summed E-state index contributed by atoms with van der Waals surface area (Å²) in [6.07, 6.45) is 1.82. The quantitative estimate of drug-likeness (QED) is 0.497. The number of unbranched alkanes of at least 4 members (excludes halogenated alkanes) is 1. The number of carbonyl (C=O) groups excluding carboxylic acids is 2. The molecular weight excluding hydrogens is 348 g/mol. The summed E-state index contributed by atoms with van der Waals surface area (Å²) in [4.78, 5) is 25.1. The Morgan fingerprint density at radius 2 is 1.35 bits per heavy atom. The van der Waals surface area contributed by atoms with Gasteiger partial charge in [0.25, 0.3) is 11.8 Å². The number of benzene rings is 1. The summed E-state index contributed by atoms with van der Waals surface area (Å²) in [5.74, 6) is 0.854. The third kappa shape index (κ3) is 8.61. The number of hydrogen-bond donors (Lipinski definition) is 3. The fourth-order valence-electron chi connectivity index (χ4n) is 2.17. The topological polar surface area (TPSA) is 67.4 Å². The van der Waals surface area contributed by atoms with Gasteiger partial charge in [0.05, 0.1) is 6.61 Å². The molecule has 0 aliphatic carbocycles. The van der Waals surface area contributed by atoms with Crippen LogP contribution in [0.1, 0.15) is 75.1 Å². The third-order valence-electron chi connectivity index (χ3n) is 3.23. The van der Waals surface area contributed by atoms with Crippen molar-refractivity contribution >= 4 is 24.4 Å². The number of thiol groups is 1. The standard InChI is InChI=1S/C20H32N2O3S/c1-19(2,3)21-17(23)14-11-15(18(24)22-20(4,5)6)13-16(12-14)25-9-7-8-10-26/h11-13,26H,7-10H2,1-6H3,(H,21,23)(H,22,24). The van der Waals surface area contributed by atoms with Crippen molar-refractivity contribution < 1.29 is 14.3 Å². The number of nitrogens with one attached hydrogen (secondary N) is 2. The van der Waals surface area contributed by atoms with Crippen LogP contribution in [0.2, 0.25) is 0 Å². The van der Waals surface area contributed by atoms with E-state index in [1.165, 1.54) is 0 Å². The average Bonchev–Trinajstić information content (AvgIpc) is 2.48. The van der Waals surface area contributed by atoms with Crippen molar-refractivity contribution in [2.75, 3.05) is 12.4 Å². The van der Waals surface area contributed by atoms with Crippen molar-refractivity contribution in [2.24, 2.45) is 0 Å². The molecule has 1 aromatic rings. The number of rotatable bonds is 7. The van der Waals surface area contributed by atoms with Gasteiger partial charge in [-0.1, -0.05) is 0 Å². The van der Waals surface area contributed by atoms with E-state index in [4.69, 9.17) is 4.74 Å². The Morgan fingerprint density at radius 1 is 0.885 bits per heavy atom. The number of carbonyl (C=O) groups is 2. The molecule has 0 atom stereocenters. The van der Waals surface area contributed by atoms with Gasteiger partial charge in [-0.15, -0.1) is 0 Å². The van der Waals surface area contributed by atoms with E-state index in [0.29, 0.717) is 23.5 Å². The minimum absolute atomic E-state index is 0.233. The highest BCUT2D eigenvalue weighted by molar-refractivity contribution is 7.80. The highest BCUT2D eigenvalue weighted by Crippen LogP contribution is 2.20. The lowest BCUT2D eigenvalue weighted by Crippen LogP contribution is -2.41. The fraction of sp³-hybridized carbons (Fsp3) is 0.600. The molecule has 0 bridgehead atoms. The first kappa shape index (κ1) is 22.4. The lowest BCUT2D eigenvalue weighted by atomic mass is 10.0. The predicted octanol–water partition coefficient (Wildman–Crippen LogP) is 3.83. The smallest absolute Gasteiger partial charge is 0.251 e. The van der Waals surface area contributed by atoms with Crippen molar-refractivity contribution in [1.29, 1.82) is 0 Å². The molecule has 0 aliphatic rings. The van der Waals surface area contributed by atoms with Crippen LogP contribution in [0.4, 0.5) is 0 Å². The summed E-state index contributed by atoms with van der Waals surface area (Å²) in [7, 11) is 0. The van der Waals surface area contributed by atoms with Crippen LogP contribution in [-0.2, 0) is 0 Å². The Hall–Kier alpha value is -1.69. The van der Waals surface area contributed by atoms with E-state index in [2.05, 4.69) is 23.3 Å². The summed E-state index contributed by atoms with van der Waals surface area (Å²) in [5, 5.41) is 5.83. The van der Waals surface area contributed by atoms with E-state index in [9.17, 15) is 9.59 Å². The Labute approximate surface area is 162 Å². The molecule has 0 saturated carbocycles. The fourth-order valence-corrected chi connectivity index (χ4v) is 2.40. The molecule has 0 saturated heterocycles. The second kappa shape index (κ2) is 9.31. The Kier molecular flexibility index (Phi) is 8.00. The molecular formula is C20H32N2O3S. The van der Waals surface area contributed by atoms with Crippen molar-refractivity contribution in [3.63, 3.8) is 0 Å². The van der Waals surface area contributed by atoms with Gasteiger partial charge in [0.2, 0.25) is 0 Å². The van der Waals surface area contributed by atoms with E-state index >= 15 is 0 Å². The Morgan fingerprint density at radius 3 is 1.73 bits per heavy atom. The van der Waals surface area contributed by atoms with Gasteiger partial charge in [-0.2, -0.15) is 12.6 Å². The molecule has 2 N–H and O–H groups in total. The molecule has 0 spiro atoms. The van der Waals surface area contributed by atoms with Gasteiger partial charge in [0.1, 0.15) is 5.75 Å². The molecule has 0 heterocycles. The van der Waals surface area contributed by atoms with Gasteiger partial charge in [-0.25, -0.2) is 0 Å². The summed E-state index contributed by atoms with van der Waals surface area (Å²) in [6.45, 7) is 12.0. The number of ether oxygens (including phenoxy) is 1. The second-order valence-electron chi connectivity index (χ2n) is 8.43. The zero-order valence-electron chi connectivity index (χ0n) is 16.7. The molecule has 0 aromatic heterocycles. The molecule has 0 radical (unpaired) electrons. The molecule has 1 aromatic carbocycles. The largest absolute Gasteiger partial charge is 0.494 e. The van der Waals surface area contributed by atoms with Crippen molar-refractivity contribution in [2.45, 2.75) is 65.5 Å². The zero-order valence-corrected chi connectivity index (χ0v) is 17.6. The maximum atomic E-state index is 12.5. The summed E-state index contributed by atoms with van der Waals surface area (Å²) in [6, 6.07) is 4.95. The van der Waals surface area contributed by atoms with Crippen molar-refractivity contribution in [1.82, 2.24) is 10.6 Å². The van der Waals surface area contributed by atoms with E-state index in [1.54, 1.807) is 18.2 Å². The highest BCUT2D eigenvalue weighted by Gasteiger charge is 2.20. The van der Waals surface area contributed by atoms with E-state index in [0.717, 1.165) is 18.6 Å². The second-order valence-corrected chi connectivity index (χ2v) is 8.88. The lowest BCUT2D eigenvalue weighted by Gasteiger charge is -2.22. The molecule has 146 valence electrons. The van der Waals surface area contributed by atoms with Crippen LogP contribution in [0.5, 0.6) is 5.75 Å². The van der Waals surface area contributed by atoms with Crippen LogP contribution in [0.25, 0.3) is 0 Å². The molecule has 6 heteroatoms. The summed E-state index contributed by atoms with van der Waals surface area (Å²) >= 11 is 4.18. The first-order valence-electron chi connectivity index (χ1n) is 8.95. The Balaban J connectivity index is 3.09. The van der Waals surface area contributed by atoms with Crippen LogP contribution in [-0.4, -0.2) is 35.3 Å². The summed E-state index contributed by atoms with van der Waals surface area (Å²) < 4.78 is 5.76. The summed E-state index contributed by atoms with van der Waals surface area (Å²) in [5.41, 5.74) is 0.0826. The van der Waals surface area contributed by atoms with Crippen LogP contribution in [0.15, 0.2) is 18.2 Å². The maximum Gasteiger partial charge on any atom is 0.251 e. The molecule has 5 nitrogen and oxygen atoms in total. The van der Waals surface area contributed by atoms with Crippen LogP contribution in [0.3, 0.4) is 0 Å². The highest BCUT2D eigenvalue weighted by atomic mass is 32.1. The Bertz CT molecular complexity index is 585. The zero-order chi connectivity index (χ0) is 20.0. The van der Waals surface area contributed by atoms with Gasteiger partial charge < -0.3 is 15.4 Å². The molecule has 0 unspecified atom stereocenters. The molecule has 0 fully saturated rings. The van der Waals surface area contributed by atoms with Gasteiger partial charge >= 0.3 is 0 Å². The van der Waals surface area contributed by atoms with Crippen LogP contribution >= 0.6 is 12.6 Å². The number of amides is 2. The van der Waals surface area contributed by atoms with E-state index in [-0.39, 0.29) is 22.9 Å². The minimum Gasteiger partial charge on any atom is -0.494 e. The van der Waals surface area contributed by atoms with Crippen LogP contribution < -0.4 is 15.4 Å². The third-order valence-corrected chi connectivity index (χ3v) is 3.55. The van der Waals surface area contributed by atoms with E-state index in [1.807, 2.05) is 41.5 Å². The monoisotopic (exact) mass is 380 g/mol. The minimum atomic E-state index is -0.367. The van der Waals surface area contributed by atoms with Crippen molar-refractivity contribution in [3.05, 3.63) is 29.3 Å².